The minimum Gasteiger partial charge on any atom is -0.454 e. The molecule has 1 atom stereocenters. The van der Waals surface area contributed by atoms with Crippen LogP contribution in [0.15, 0.2) is 12.1 Å². The number of hydrogen-bond donors (Lipinski definition) is 1. The van der Waals surface area contributed by atoms with Gasteiger partial charge in [0.2, 0.25) is 6.79 Å². The first kappa shape index (κ1) is 10.5. The number of halogens is 2. The lowest BCUT2D eigenvalue weighted by atomic mass is 9.97. The van der Waals surface area contributed by atoms with Gasteiger partial charge in [0.1, 0.15) is 5.67 Å². The summed E-state index contributed by atoms with van der Waals surface area (Å²) in [7, 11) is 0. The summed E-state index contributed by atoms with van der Waals surface area (Å²) in [4.78, 5) is 0. The normalized spacial score (nSPS) is 17.6. The molecule has 2 rings (SSSR count). The lowest BCUT2D eigenvalue weighted by Gasteiger charge is -2.20. The van der Waals surface area contributed by atoms with Gasteiger partial charge >= 0.3 is 0 Å². The van der Waals surface area contributed by atoms with Gasteiger partial charge in [-0.05, 0) is 13.0 Å². The Bertz CT molecular complexity index is 395. The molecule has 1 aliphatic rings. The SMILES string of the molecule is CC(F)(CN)c1cc2c(cc1Cl)OCO2. The zero-order valence-electron chi connectivity index (χ0n) is 8.22. The predicted octanol–water partition coefficient (Wildman–Crippen LogP) is 2.21. The Morgan fingerprint density at radius 1 is 1.47 bits per heavy atom. The van der Waals surface area contributed by atoms with Gasteiger partial charge in [-0.3, -0.25) is 0 Å². The van der Waals surface area contributed by atoms with E-state index in [0.29, 0.717) is 22.1 Å². The highest BCUT2D eigenvalue weighted by atomic mass is 35.5. The molecule has 15 heavy (non-hydrogen) atoms. The van der Waals surface area contributed by atoms with Crippen LogP contribution in [0.5, 0.6) is 11.5 Å². The minimum atomic E-state index is -1.65. The van der Waals surface area contributed by atoms with Crippen LogP contribution in [0.25, 0.3) is 0 Å². The number of rotatable bonds is 2. The van der Waals surface area contributed by atoms with Crippen molar-refractivity contribution in [3.8, 4) is 11.5 Å². The largest absolute Gasteiger partial charge is 0.454 e. The molecule has 0 bridgehead atoms. The van der Waals surface area contributed by atoms with Gasteiger partial charge in [-0.25, -0.2) is 4.39 Å². The van der Waals surface area contributed by atoms with Gasteiger partial charge < -0.3 is 15.2 Å². The highest BCUT2D eigenvalue weighted by Gasteiger charge is 2.29. The Balaban J connectivity index is 2.49. The van der Waals surface area contributed by atoms with E-state index < -0.39 is 5.67 Å². The average Bonchev–Trinajstić information content (AvgIpc) is 2.63. The number of benzene rings is 1. The van der Waals surface area contributed by atoms with Crippen molar-refractivity contribution in [2.24, 2.45) is 5.73 Å². The summed E-state index contributed by atoms with van der Waals surface area (Å²) < 4.78 is 24.2. The fourth-order valence-corrected chi connectivity index (χ4v) is 1.78. The van der Waals surface area contributed by atoms with Crippen LogP contribution in [-0.4, -0.2) is 13.3 Å². The second kappa shape index (κ2) is 3.54. The van der Waals surface area contributed by atoms with Crippen LogP contribution in [0.1, 0.15) is 12.5 Å². The molecule has 0 fully saturated rings. The average molecular weight is 232 g/mol. The summed E-state index contributed by atoms with van der Waals surface area (Å²) in [6, 6.07) is 3.09. The Kier molecular flexibility index (Phi) is 2.48. The molecule has 0 amide bonds. The molecule has 3 nitrogen and oxygen atoms in total. The lowest BCUT2D eigenvalue weighted by Crippen LogP contribution is -2.26. The number of nitrogens with two attached hydrogens (primary N) is 1. The van der Waals surface area contributed by atoms with E-state index in [-0.39, 0.29) is 13.3 Å². The van der Waals surface area contributed by atoms with Crippen LogP contribution in [0.3, 0.4) is 0 Å². The summed E-state index contributed by atoms with van der Waals surface area (Å²) in [5.41, 5.74) is 4.02. The molecule has 0 saturated carbocycles. The molecule has 5 heteroatoms. The Morgan fingerprint density at radius 3 is 2.67 bits per heavy atom. The number of hydrogen-bond acceptors (Lipinski definition) is 3. The Morgan fingerprint density at radius 2 is 2.07 bits per heavy atom. The highest BCUT2D eigenvalue weighted by Crippen LogP contribution is 2.41. The smallest absolute Gasteiger partial charge is 0.231 e. The monoisotopic (exact) mass is 231 g/mol. The number of ether oxygens (including phenoxy) is 2. The second-order valence-corrected chi connectivity index (χ2v) is 3.99. The minimum absolute atomic E-state index is 0.133. The van der Waals surface area contributed by atoms with Crippen LogP contribution in [0.2, 0.25) is 5.02 Å². The van der Waals surface area contributed by atoms with Crippen LogP contribution in [-0.2, 0) is 5.67 Å². The first-order chi connectivity index (χ1) is 7.04. The zero-order chi connectivity index (χ0) is 11.1. The van der Waals surface area contributed by atoms with Gasteiger partial charge in [-0.15, -0.1) is 0 Å². The molecule has 0 spiro atoms. The first-order valence-corrected chi connectivity index (χ1v) is 4.91. The Hall–Kier alpha value is -1.00. The predicted molar refractivity (Wildman–Crippen MR) is 55.1 cm³/mol. The highest BCUT2D eigenvalue weighted by molar-refractivity contribution is 6.31. The van der Waals surface area contributed by atoms with E-state index in [2.05, 4.69) is 0 Å². The maximum absolute atomic E-state index is 14.0. The molecule has 1 aromatic rings. The molecular weight excluding hydrogens is 221 g/mol. The Labute approximate surface area is 91.9 Å². The topological polar surface area (TPSA) is 44.5 Å². The van der Waals surface area contributed by atoms with Crippen molar-refractivity contribution < 1.29 is 13.9 Å². The van der Waals surface area contributed by atoms with Crippen LogP contribution in [0, 0.1) is 0 Å². The third kappa shape index (κ3) is 1.75. The van der Waals surface area contributed by atoms with E-state index >= 15 is 0 Å². The molecule has 1 aromatic carbocycles. The maximum atomic E-state index is 14.0. The van der Waals surface area contributed by atoms with Crippen molar-refractivity contribution in [3.63, 3.8) is 0 Å². The van der Waals surface area contributed by atoms with E-state index in [1.54, 1.807) is 6.07 Å². The number of fused-ring (bicyclic) bond motifs is 1. The molecule has 1 heterocycles. The fourth-order valence-electron chi connectivity index (χ4n) is 1.43. The van der Waals surface area contributed by atoms with Crippen molar-refractivity contribution in [2.75, 3.05) is 13.3 Å². The quantitative estimate of drug-likeness (QED) is 0.849. The standard InChI is InChI=1S/C10H11ClFNO2/c1-10(12,4-13)6-2-8-9(3-7(6)11)15-5-14-8/h2-3H,4-5,13H2,1H3. The third-order valence-corrected chi connectivity index (χ3v) is 2.72. The molecule has 1 aliphatic heterocycles. The molecule has 82 valence electrons. The lowest BCUT2D eigenvalue weighted by molar-refractivity contribution is 0.173. The second-order valence-electron chi connectivity index (χ2n) is 3.59. The van der Waals surface area contributed by atoms with Crippen molar-refractivity contribution >= 4 is 11.6 Å². The maximum Gasteiger partial charge on any atom is 0.231 e. The van der Waals surface area contributed by atoms with Gasteiger partial charge in [-0.2, -0.15) is 0 Å². The van der Waals surface area contributed by atoms with Crippen LogP contribution in [0.4, 0.5) is 4.39 Å². The molecule has 0 radical (unpaired) electrons. The van der Waals surface area contributed by atoms with Crippen LogP contribution >= 0.6 is 11.6 Å². The summed E-state index contributed by atoms with van der Waals surface area (Å²) >= 11 is 5.94. The van der Waals surface area contributed by atoms with Crippen molar-refractivity contribution in [1.29, 1.82) is 0 Å². The van der Waals surface area contributed by atoms with Gasteiger partial charge in [0, 0.05) is 18.2 Å². The molecule has 2 N–H and O–H groups in total. The van der Waals surface area contributed by atoms with Crippen molar-refractivity contribution in [1.82, 2.24) is 0 Å². The molecule has 0 saturated heterocycles. The van der Waals surface area contributed by atoms with Crippen LogP contribution < -0.4 is 15.2 Å². The van der Waals surface area contributed by atoms with E-state index in [0.717, 1.165) is 0 Å². The van der Waals surface area contributed by atoms with Gasteiger partial charge in [0.15, 0.2) is 11.5 Å². The summed E-state index contributed by atoms with van der Waals surface area (Å²) in [6.45, 7) is 1.39. The van der Waals surface area contributed by atoms with E-state index in [4.69, 9.17) is 26.8 Å². The molecular formula is C10H11ClFNO2. The molecule has 0 aromatic heterocycles. The van der Waals surface area contributed by atoms with Crippen molar-refractivity contribution in [2.45, 2.75) is 12.6 Å². The number of alkyl halides is 1. The first-order valence-electron chi connectivity index (χ1n) is 4.53. The third-order valence-electron chi connectivity index (χ3n) is 2.41. The van der Waals surface area contributed by atoms with E-state index in [1.165, 1.54) is 13.0 Å². The summed E-state index contributed by atoms with van der Waals surface area (Å²) in [5.74, 6) is 1.04. The molecule has 1 unspecified atom stereocenters. The molecule has 0 aliphatic carbocycles. The zero-order valence-corrected chi connectivity index (χ0v) is 8.97. The summed E-state index contributed by atoms with van der Waals surface area (Å²) in [6.07, 6.45) is 0. The van der Waals surface area contributed by atoms with E-state index in [1.807, 2.05) is 0 Å². The van der Waals surface area contributed by atoms with E-state index in [9.17, 15) is 4.39 Å². The van der Waals surface area contributed by atoms with Gasteiger partial charge in [0.25, 0.3) is 0 Å². The van der Waals surface area contributed by atoms with Crippen molar-refractivity contribution in [3.05, 3.63) is 22.7 Å². The van der Waals surface area contributed by atoms with Gasteiger partial charge in [0.05, 0.1) is 5.02 Å². The summed E-state index contributed by atoms with van der Waals surface area (Å²) in [5, 5.41) is 0.301. The fraction of sp³-hybridized carbons (Fsp3) is 0.400. The van der Waals surface area contributed by atoms with Gasteiger partial charge in [-0.1, -0.05) is 11.6 Å².